The molecule has 0 aromatic carbocycles. The zero-order valence-electron chi connectivity index (χ0n) is 12.2. The summed E-state index contributed by atoms with van der Waals surface area (Å²) in [7, 11) is 0. The molecule has 0 saturated carbocycles. The predicted molar refractivity (Wildman–Crippen MR) is 78.5 cm³/mol. The average Bonchev–Trinajstić information content (AvgIpc) is 2.38. The molecule has 0 rings (SSSR count). The fraction of sp³-hybridized carbons (Fsp3) is 0.933. The lowest BCUT2D eigenvalue weighted by molar-refractivity contribution is -0.121. The van der Waals surface area contributed by atoms with Crippen LogP contribution in [-0.4, -0.2) is 19.0 Å². The molecule has 0 heterocycles. The van der Waals surface area contributed by atoms with E-state index < -0.39 is 0 Å². The van der Waals surface area contributed by atoms with Gasteiger partial charge in [-0.1, -0.05) is 51.9 Å². The summed E-state index contributed by atoms with van der Waals surface area (Å²) in [4.78, 5) is 11.4. The first-order valence-corrected chi connectivity index (χ1v) is 7.78. The van der Waals surface area contributed by atoms with Crippen LogP contribution in [-0.2, 0) is 4.79 Å². The molecular formula is C15H32N2O. The summed E-state index contributed by atoms with van der Waals surface area (Å²) in [6.07, 6.45) is 12.9. The van der Waals surface area contributed by atoms with Crippen molar-refractivity contribution in [2.75, 3.05) is 13.1 Å². The van der Waals surface area contributed by atoms with Crippen LogP contribution >= 0.6 is 0 Å². The van der Waals surface area contributed by atoms with Gasteiger partial charge in [0.15, 0.2) is 0 Å². The minimum atomic E-state index is 0.206. The summed E-state index contributed by atoms with van der Waals surface area (Å²) in [6.45, 7) is 3.74. The lowest BCUT2D eigenvalue weighted by Gasteiger charge is -2.04. The van der Waals surface area contributed by atoms with E-state index in [0.29, 0.717) is 13.0 Å². The Hall–Kier alpha value is -0.570. The largest absolute Gasteiger partial charge is 0.356 e. The number of rotatable bonds is 13. The predicted octanol–water partition coefficient (Wildman–Crippen LogP) is 3.37. The van der Waals surface area contributed by atoms with Gasteiger partial charge >= 0.3 is 0 Å². The third kappa shape index (κ3) is 13.5. The van der Waals surface area contributed by atoms with Gasteiger partial charge in [0.2, 0.25) is 5.91 Å². The average molecular weight is 256 g/mol. The molecule has 3 nitrogen and oxygen atoms in total. The topological polar surface area (TPSA) is 55.1 Å². The van der Waals surface area contributed by atoms with Gasteiger partial charge in [0.05, 0.1) is 0 Å². The van der Waals surface area contributed by atoms with Gasteiger partial charge in [0, 0.05) is 13.0 Å². The lowest BCUT2D eigenvalue weighted by atomic mass is 10.1. The van der Waals surface area contributed by atoms with Crippen molar-refractivity contribution in [2.45, 2.75) is 77.6 Å². The molecule has 18 heavy (non-hydrogen) atoms. The van der Waals surface area contributed by atoms with Crippen LogP contribution in [0.1, 0.15) is 77.6 Å². The fourth-order valence-corrected chi connectivity index (χ4v) is 2.00. The van der Waals surface area contributed by atoms with Crippen molar-refractivity contribution in [1.29, 1.82) is 0 Å². The van der Waals surface area contributed by atoms with Crippen molar-refractivity contribution in [3.8, 4) is 0 Å². The molecule has 0 fully saturated rings. The molecule has 3 N–H and O–H groups in total. The van der Waals surface area contributed by atoms with E-state index in [-0.39, 0.29) is 5.91 Å². The Balaban J connectivity index is 3.10. The van der Waals surface area contributed by atoms with Gasteiger partial charge in [-0.05, 0) is 25.8 Å². The second-order valence-electron chi connectivity index (χ2n) is 5.07. The molecule has 0 unspecified atom stereocenters. The zero-order chi connectivity index (χ0) is 13.5. The van der Waals surface area contributed by atoms with Crippen LogP contribution < -0.4 is 11.1 Å². The quantitative estimate of drug-likeness (QED) is 0.496. The SMILES string of the molecule is CCCCCCCCCCC(=O)NCCCCN. The third-order valence-corrected chi connectivity index (χ3v) is 3.21. The first kappa shape index (κ1) is 17.4. The van der Waals surface area contributed by atoms with Gasteiger partial charge in [0.25, 0.3) is 0 Å². The highest BCUT2D eigenvalue weighted by molar-refractivity contribution is 5.75. The summed E-state index contributed by atoms with van der Waals surface area (Å²) < 4.78 is 0. The molecule has 1 amide bonds. The third-order valence-electron chi connectivity index (χ3n) is 3.21. The summed E-state index contributed by atoms with van der Waals surface area (Å²) in [5.74, 6) is 0.206. The minimum Gasteiger partial charge on any atom is -0.356 e. The highest BCUT2D eigenvalue weighted by Gasteiger charge is 1.99. The normalized spacial score (nSPS) is 10.6. The van der Waals surface area contributed by atoms with Crippen LogP contribution in [0.5, 0.6) is 0 Å². The summed E-state index contributed by atoms with van der Waals surface area (Å²) in [5, 5.41) is 2.94. The monoisotopic (exact) mass is 256 g/mol. The van der Waals surface area contributed by atoms with Crippen molar-refractivity contribution in [3.05, 3.63) is 0 Å². The molecule has 0 aliphatic rings. The first-order chi connectivity index (χ1) is 8.81. The summed E-state index contributed by atoms with van der Waals surface area (Å²) in [6, 6.07) is 0. The Kier molecular flexibility index (Phi) is 14.0. The van der Waals surface area contributed by atoms with Crippen molar-refractivity contribution in [2.24, 2.45) is 5.73 Å². The van der Waals surface area contributed by atoms with Crippen LogP contribution in [0.3, 0.4) is 0 Å². The molecule has 0 radical (unpaired) electrons. The van der Waals surface area contributed by atoms with Gasteiger partial charge in [-0.2, -0.15) is 0 Å². The molecule has 0 saturated heterocycles. The molecule has 0 aliphatic carbocycles. The van der Waals surface area contributed by atoms with Crippen molar-refractivity contribution in [1.82, 2.24) is 5.32 Å². The number of unbranched alkanes of at least 4 members (excludes halogenated alkanes) is 8. The van der Waals surface area contributed by atoms with E-state index in [4.69, 9.17) is 5.73 Å². The van der Waals surface area contributed by atoms with E-state index in [1.807, 2.05) is 0 Å². The maximum Gasteiger partial charge on any atom is 0.219 e. The molecular weight excluding hydrogens is 224 g/mol. The molecule has 3 heteroatoms. The van der Waals surface area contributed by atoms with Crippen LogP contribution in [0.25, 0.3) is 0 Å². The summed E-state index contributed by atoms with van der Waals surface area (Å²) in [5.41, 5.74) is 5.39. The van der Waals surface area contributed by atoms with Crippen molar-refractivity contribution < 1.29 is 4.79 Å². The molecule has 0 aromatic rings. The van der Waals surface area contributed by atoms with E-state index >= 15 is 0 Å². The van der Waals surface area contributed by atoms with Gasteiger partial charge in [-0.15, -0.1) is 0 Å². The van der Waals surface area contributed by atoms with E-state index in [1.54, 1.807) is 0 Å². The van der Waals surface area contributed by atoms with E-state index in [1.165, 1.54) is 44.9 Å². The summed E-state index contributed by atoms with van der Waals surface area (Å²) >= 11 is 0. The van der Waals surface area contributed by atoms with Crippen LogP contribution in [0.4, 0.5) is 0 Å². The number of carbonyl (C=O) groups excluding carboxylic acids is 1. The highest BCUT2D eigenvalue weighted by atomic mass is 16.1. The van der Waals surface area contributed by atoms with Crippen molar-refractivity contribution in [3.63, 3.8) is 0 Å². The number of nitrogens with one attached hydrogen (secondary N) is 1. The molecule has 0 spiro atoms. The number of hydrogen-bond acceptors (Lipinski definition) is 2. The van der Waals surface area contributed by atoms with Crippen molar-refractivity contribution >= 4 is 5.91 Å². The molecule has 0 atom stereocenters. The number of carbonyl (C=O) groups is 1. The van der Waals surface area contributed by atoms with Gasteiger partial charge in [-0.25, -0.2) is 0 Å². The molecule has 0 aliphatic heterocycles. The van der Waals surface area contributed by atoms with E-state index in [9.17, 15) is 4.79 Å². The first-order valence-electron chi connectivity index (χ1n) is 7.78. The standard InChI is InChI=1S/C15H32N2O/c1-2-3-4-5-6-7-8-9-12-15(18)17-14-11-10-13-16/h2-14,16H2,1H3,(H,17,18). The second-order valence-corrected chi connectivity index (χ2v) is 5.07. The van der Waals surface area contributed by atoms with Gasteiger partial charge in [-0.3, -0.25) is 4.79 Å². The maximum atomic E-state index is 11.4. The van der Waals surface area contributed by atoms with E-state index in [2.05, 4.69) is 12.2 Å². The Morgan fingerprint density at radius 2 is 1.50 bits per heavy atom. The van der Waals surface area contributed by atoms with Gasteiger partial charge < -0.3 is 11.1 Å². The van der Waals surface area contributed by atoms with Crippen LogP contribution in [0.2, 0.25) is 0 Å². The zero-order valence-corrected chi connectivity index (χ0v) is 12.2. The number of nitrogens with two attached hydrogens (primary N) is 1. The Bertz CT molecular complexity index is 183. The number of hydrogen-bond donors (Lipinski definition) is 2. The Labute approximate surface area is 113 Å². The molecule has 108 valence electrons. The smallest absolute Gasteiger partial charge is 0.219 e. The van der Waals surface area contributed by atoms with E-state index in [0.717, 1.165) is 25.8 Å². The minimum absolute atomic E-state index is 0.206. The second kappa shape index (κ2) is 14.5. The molecule has 0 aromatic heterocycles. The Morgan fingerprint density at radius 1 is 0.889 bits per heavy atom. The maximum absolute atomic E-state index is 11.4. The van der Waals surface area contributed by atoms with Crippen LogP contribution in [0.15, 0.2) is 0 Å². The molecule has 0 bridgehead atoms. The van der Waals surface area contributed by atoms with Crippen LogP contribution in [0, 0.1) is 0 Å². The highest BCUT2D eigenvalue weighted by Crippen LogP contribution is 2.09. The Morgan fingerprint density at radius 3 is 2.11 bits per heavy atom. The van der Waals surface area contributed by atoms with Gasteiger partial charge in [0.1, 0.15) is 0 Å². The fourth-order valence-electron chi connectivity index (χ4n) is 2.00. The number of amides is 1. The lowest BCUT2D eigenvalue weighted by Crippen LogP contribution is -2.24.